The number of aryl methyl sites for hydroxylation is 1. The van der Waals surface area contributed by atoms with E-state index in [9.17, 15) is 0 Å². The molecule has 1 saturated carbocycles. The van der Waals surface area contributed by atoms with E-state index < -0.39 is 0 Å². The zero-order valence-corrected chi connectivity index (χ0v) is 11.9. The summed E-state index contributed by atoms with van der Waals surface area (Å²) in [5.74, 6) is 0.926. The summed E-state index contributed by atoms with van der Waals surface area (Å²) in [6, 6.07) is 10.3. The summed E-state index contributed by atoms with van der Waals surface area (Å²) < 4.78 is 0. The van der Waals surface area contributed by atoms with Crippen LogP contribution in [0.3, 0.4) is 0 Å². The topological polar surface area (TPSA) is 12.0 Å². The van der Waals surface area contributed by atoms with E-state index in [4.69, 9.17) is 0 Å². The molecule has 2 aliphatic rings. The predicted molar refractivity (Wildman–Crippen MR) is 76.6 cm³/mol. The highest BCUT2D eigenvalue weighted by molar-refractivity contribution is 5.34. The summed E-state index contributed by atoms with van der Waals surface area (Å²) in [6.45, 7) is 7.15. The normalized spacial score (nSPS) is 32.9. The lowest BCUT2D eigenvalue weighted by atomic mass is 9.70. The monoisotopic (exact) mass is 243 g/mol. The number of nitrogens with one attached hydrogen (secondary N) is 1. The van der Waals surface area contributed by atoms with Gasteiger partial charge in [-0.05, 0) is 41.7 Å². The molecule has 0 bridgehead atoms. The van der Waals surface area contributed by atoms with Crippen LogP contribution in [0.4, 0.5) is 0 Å². The Morgan fingerprint density at radius 2 is 2.06 bits per heavy atom. The standard InChI is InChI=1S/C17H25N/c1-4-12-11-15(12)18-16-14-8-6-5-7-13(14)9-10-17(16,2)3/h5-8,12,15-16,18H,4,9-11H2,1-3H3. The van der Waals surface area contributed by atoms with Gasteiger partial charge in [0.2, 0.25) is 0 Å². The lowest BCUT2D eigenvalue weighted by molar-refractivity contribution is 0.205. The van der Waals surface area contributed by atoms with Gasteiger partial charge >= 0.3 is 0 Å². The summed E-state index contributed by atoms with van der Waals surface area (Å²) in [4.78, 5) is 0. The molecule has 1 aromatic carbocycles. The van der Waals surface area contributed by atoms with Gasteiger partial charge in [-0.25, -0.2) is 0 Å². The van der Waals surface area contributed by atoms with E-state index in [1.807, 2.05) is 0 Å². The van der Waals surface area contributed by atoms with E-state index in [2.05, 4.69) is 50.4 Å². The molecule has 1 nitrogen and oxygen atoms in total. The van der Waals surface area contributed by atoms with E-state index in [0.717, 1.165) is 12.0 Å². The van der Waals surface area contributed by atoms with Crippen LogP contribution >= 0.6 is 0 Å². The summed E-state index contributed by atoms with van der Waals surface area (Å²) in [6.07, 6.45) is 5.24. The summed E-state index contributed by atoms with van der Waals surface area (Å²) in [5.41, 5.74) is 3.49. The molecule has 0 aliphatic heterocycles. The minimum absolute atomic E-state index is 0.384. The molecular formula is C17H25N. The molecule has 18 heavy (non-hydrogen) atoms. The zero-order valence-electron chi connectivity index (χ0n) is 11.9. The lowest BCUT2D eigenvalue weighted by Gasteiger charge is -2.41. The maximum absolute atomic E-state index is 3.94. The summed E-state index contributed by atoms with van der Waals surface area (Å²) >= 11 is 0. The molecular weight excluding hydrogens is 218 g/mol. The van der Waals surface area contributed by atoms with Crippen LogP contribution in [0.2, 0.25) is 0 Å². The smallest absolute Gasteiger partial charge is 0.0377 e. The quantitative estimate of drug-likeness (QED) is 0.843. The molecule has 0 spiro atoms. The van der Waals surface area contributed by atoms with Crippen LogP contribution < -0.4 is 5.32 Å². The second-order valence-corrected chi connectivity index (χ2v) is 6.80. The van der Waals surface area contributed by atoms with Crippen molar-refractivity contribution in [2.75, 3.05) is 0 Å². The van der Waals surface area contributed by atoms with Crippen molar-refractivity contribution < 1.29 is 0 Å². The van der Waals surface area contributed by atoms with Gasteiger partial charge in [0, 0.05) is 12.1 Å². The second kappa shape index (κ2) is 4.38. The maximum Gasteiger partial charge on any atom is 0.0377 e. The first-order valence-corrected chi connectivity index (χ1v) is 7.45. The molecule has 0 amide bonds. The fraction of sp³-hybridized carbons (Fsp3) is 0.647. The fourth-order valence-electron chi connectivity index (χ4n) is 3.50. The van der Waals surface area contributed by atoms with Crippen LogP contribution in [0, 0.1) is 11.3 Å². The SMILES string of the molecule is CCC1CC1NC1c2ccccc2CCC1(C)C. The third kappa shape index (κ3) is 2.09. The van der Waals surface area contributed by atoms with Gasteiger partial charge < -0.3 is 5.32 Å². The van der Waals surface area contributed by atoms with Crippen LogP contribution in [0.1, 0.15) is 57.2 Å². The maximum atomic E-state index is 3.94. The van der Waals surface area contributed by atoms with Crippen molar-refractivity contribution in [3.05, 3.63) is 35.4 Å². The highest BCUT2D eigenvalue weighted by atomic mass is 15.0. The van der Waals surface area contributed by atoms with E-state index >= 15 is 0 Å². The van der Waals surface area contributed by atoms with E-state index in [-0.39, 0.29) is 0 Å². The van der Waals surface area contributed by atoms with E-state index in [1.54, 1.807) is 11.1 Å². The molecule has 0 heterocycles. The summed E-state index contributed by atoms with van der Waals surface area (Å²) in [7, 11) is 0. The van der Waals surface area contributed by atoms with Crippen LogP contribution in [0.25, 0.3) is 0 Å². The van der Waals surface area contributed by atoms with Crippen LogP contribution in [0.5, 0.6) is 0 Å². The van der Waals surface area contributed by atoms with Crippen molar-refractivity contribution in [1.29, 1.82) is 0 Å². The molecule has 3 unspecified atom stereocenters. The van der Waals surface area contributed by atoms with Gasteiger partial charge in [-0.15, -0.1) is 0 Å². The van der Waals surface area contributed by atoms with Crippen LogP contribution in [0.15, 0.2) is 24.3 Å². The van der Waals surface area contributed by atoms with E-state index in [1.165, 1.54) is 25.7 Å². The van der Waals surface area contributed by atoms with Gasteiger partial charge in [0.05, 0.1) is 0 Å². The molecule has 0 saturated heterocycles. The Kier molecular flexibility index (Phi) is 2.97. The Morgan fingerprint density at radius 3 is 2.78 bits per heavy atom. The number of hydrogen-bond acceptors (Lipinski definition) is 1. The first kappa shape index (κ1) is 12.2. The third-order valence-electron chi connectivity index (χ3n) is 5.01. The molecule has 1 fully saturated rings. The molecule has 1 heteroatoms. The molecule has 0 radical (unpaired) electrons. The first-order valence-electron chi connectivity index (χ1n) is 7.45. The molecule has 1 N–H and O–H groups in total. The van der Waals surface area contributed by atoms with Crippen molar-refractivity contribution in [1.82, 2.24) is 5.32 Å². The number of hydrogen-bond donors (Lipinski definition) is 1. The highest BCUT2D eigenvalue weighted by Gasteiger charge is 2.42. The Hall–Kier alpha value is -0.820. The van der Waals surface area contributed by atoms with Gasteiger partial charge in [-0.3, -0.25) is 0 Å². The third-order valence-corrected chi connectivity index (χ3v) is 5.01. The highest BCUT2D eigenvalue weighted by Crippen LogP contribution is 2.46. The Labute approximate surface area is 111 Å². The zero-order chi connectivity index (χ0) is 12.8. The minimum atomic E-state index is 0.384. The summed E-state index contributed by atoms with van der Waals surface area (Å²) in [5, 5.41) is 3.94. The number of rotatable bonds is 3. The second-order valence-electron chi connectivity index (χ2n) is 6.80. The van der Waals surface area contributed by atoms with Gasteiger partial charge in [-0.2, -0.15) is 0 Å². The van der Waals surface area contributed by atoms with Crippen molar-refractivity contribution in [2.45, 2.75) is 58.5 Å². The van der Waals surface area contributed by atoms with Crippen molar-refractivity contribution in [3.8, 4) is 0 Å². The Morgan fingerprint density at radius 1 is 1.28 bits per heavy atom. The van der Waals surface area contributed by atoms with Gasteiger partial charge in [-0.1, -0.05) is 51.5 Å². The molecule has 0 aromatic heterocycles. The van der Waals surface area contributed by atoms with Crippen LogP contribution in [-0.4, -0.2) is 6.04 Å². The fourth-order valence-corrected chi connectivity index (χ4v) is 3.50. The lowest BCUT2D eigenvalue weighted by Crippen LogP contribution is -2.39. The van der Waals surface area contributed by atoms with Crippen molar-refractivity contribution in [2.24, 2.45) is 11.3 Å². The molecule has 98 valence electrons. The predicted octanol–water partition coefficient (Wildman–Crippen LogP) is 4.09. The van der Waals surface area contributed by atoms with Gasteiger partial charge in [0.1, 0.15) is 0 Å². The van der Waals surface area contributed by atoms with Crippen molar-refractivity contribution >= 4 is 0 Å². The number of benzene rings is 1. The Balaban J connectivity index is 1.85. The minimum Gasteiger partial charge on any atom is -0.306 e. The van der Waals surface area contributed by atoms with Gasteiger partial charge in [0.15, 0.2) is 0 Å². The van der Waals surface area contributed by atoms with E-state index in [0.29, 0.717) is 11.5 Å². The van der Waals surface area contributed by atoms with Gasteiger partial charge in [0.25, 0.3) is 0 Å². The molecule has 3 rings (SSSR count). The molecule has 1 aromatic rings. The van der Waals surface area contributed by atoms with Crippen LogP contribution in [-0.2, 0) is 6.42 Å². The number of fused-ring (bicyclic) bond motifs is 1. The molecule has 3 atom stereocenters. The average Bonchev–Trinajstić information content (AvgIpc) is 3.11. The van der Waals surface area contributed by atoms with Crippen molar-refractivity contribution in [3.63, 3.8) is 0 Å². The average molecular weight is 243 g/mol. The molecule has 2 aliphatic carbocycles. The Bertz CT molecular complexity index is 435. The largest absolute Gasteiger partial charge is 0.306 e. The first-order chi connectivity index (χ1) is 8.62.